The van der Waals surface area contributed by atoms with Crippen LogP contribution in [0.5, 0.6) is 11.5 Å². The molecule has 244 valence electrons. The van der Waals surface area contributed by atoms with E-state index in [-0.39, 0.29) is 17.3 Å². The molecule has 0 saturated carbocycles. The Bertz CT molecular complexity index is 1340. The summed E-state index contributed by atoms with van der Waals surface area (Å²) >= 11 is 0. The second kappa shape index (κ2) is 15.6. The summed E-state index contributed by atoms with van der Waals surface area (Å²) in [5, 5.41) is 88.4. The van der Waals surface area contributed by atoms with Crippen molar-refractivity contribution in [1.82, 2.24) is 0 Å². The number of carbonyl (C=O) groups excluding carboxylic acids is 1. The number of allylic oxidation sites excluding steroid dienone is 3. The van der Waals surface area contributed by atoms with E-state index in [1.165, 1.54) is 48.6 Å². The molecular formula is C31H36O14. The van der Waals surface area contributed by atoms with Gasteiger partial charge >= 0.3 is 0 Å². The molecule has 0 radical (unpaired) electrons. The summed E-state index contributed by atoms with van der Waals surface area (Å²) in [6.45, 7) is -1.16. The fraction of sp³-hybridized carbons (Fsp3) is 0.387. The molecule has 0 amide bonds. The predicted molar refractivity (Wildman–Crippen MR) is 155 cm³/mol. The SMILES string of the molecule is O=C(/C=C(O)/C=C/c1ccc(O[C@@H]2O[C@H](CO)[C@@H](O)[C@H](O)[C@H]2O)cc1)/C=C/c1ccc(O[C@@H]2O[C@H](CO)[C@@H](O)[C@H](O)[C@H]2O)cc1. The van der Waals surface area contributed by atoms with Gasteiger partial charge in [-0.05, 0) is 47.5 Å². The molecule has 9 N–H and O–H groups in total. The lowest BCUT2D eigenvalue weighted by atomic mass is 9.99. The highest BCUT2D eigenvalue weighted by Crippen LogP contribution is 2.26. The summed E-state index contributed by atoms with van der Waals surface area (Å²) in [5.74, 6) is -0.277. The second-order valence-corrected chi connectivity index (χ2v) is 10.4. The molecule has 10 atom stereocenters. The van der Waals surface area contributed by atoms with Crippen molar-refractivity contribution in [2.24, 2.45) is 0 Å². The molecular weight excluding hydrogens is 596 g/mol. The van der Waals surface area contributed by atoms with E-state index in [4.69, 9.17) is 18.9 Å². The first-order valence-electron chi connectivity index (χ1n) is 14.0. The molecule has 2 saturated heterocycles. The van der Waals surface area contributed by atoms with Gasteiger partial charge in [0.25, 0.3) is 0 Å². The van der Waals surface area contributed by atoms with Gasteiger partial charge in [-0.25, -0.2) is 0 Å². The van der Waals surface area contributed by atoms with E-state index in [0.29, 0.717) is 11.1 Å². The monoisotopic (exact) mass is 632 g/mol. The van der Waals surface area contributed by atoms with E-state index in [1.807, 2.05) is 0 Å². The third kappa shape index (κ3) is 8.74. The highest BCUT2D eigenvalue weighted by molar-refractivity contribution is 6.02. The Morgan fingerprint density at radius 2 is 1.02 bits per heavy atom. The molecule has 45 heavy (non-hydrogen) atoms. The molecule has 2 heterocycles. The molecule has 0 aliphatic carbocycles. The fourth-order valence-electron chi connectivity index (χ4n) is 4.51. The molecule has 0 aromatic heterocycles. The number of carbonyl (C=O) groups is 1. The first-order chi connectivity index (χ1) is 21.5. The minimum Gasteiger partial charge on any atom is -0.508 e. The maximum absolute atomic E-state index is 12.3. The predicted octanol–water partition coefficient (Wildman–Crippen LogP) is -1.22. The van der Waals surface area contributed by atoms with Crippen molar-refractivity contribution in [1.29, 1.82) is 0 Å². The Kier molecular flexibility index (Phi) is 11.8. The zero-order valence-electron chi connectivity index (χ0n) is 23.8. The summed E-state index contributed by atoms with van der Waals surface area (Å²) in [6.07, 6.45) is -7.48. The van der Waals surface area contributed by atoms with Crippen LogP contribution in [0.2, 0.25) is 0 Å². The van der Waals surface area contributed by atoms with Crippen molar-refractivity contribution in [2.75, 3.05) is 13.2 Å². The Balaban J connectivity index is 1.27. The lowest BCUT2D eigenvalue weighted by Crippen LogP contribution is -2.60. The van der Waals surface area contributed by atoms with Gasteiger partial charge in [0, 0.05) is 6.08 Å². The first kappa shape index (κ1) is 34.2. The van der Waals surface area contributed by atoms with E-state index < -0.39 is 80.4 Å². The molecule has 2 aliphatic rings. The van der Waals surface area contributed by atoms with Crippen LogP contribution in [0.25, 0.3) is 12.2 Å². The summed E-state index contributed by atoms with van der Waals surface area (Å²) in [4.78, 5) is 12.3. The number of benzene rings is 2. The van der Waals surface area contributed by atoms with Crippen molar-refractivity contribution in [2.45, 2.75) is 61.4 Å². The minimum atomic E-state index is -1.57. The largest absolute Gasteiger partial charge is 0.508 e. The zero-order chi connectivity index (χ0) is 32.7. The summed E-state index contributed by atoms with van der Waals surface area (Å²) in [5.41, 5.74) is 1.24. The van der Waals surface area contributed by atoms with Gasteiger partial charge in [0.15, 0.2) is 5.78 Å². The van der Waals surface area contributed by atoms with E-state index >= 15 is 0 Å². The van der Waals surface area contributed by atoms with Gasteiger partial charge in [-0.3, -0.25) is 4.79 Å². The standard InChI is InChI=1S/C31H36O14/c32-14-22-24(36)26(38)28(40)30(44-22)42-20-9-3-16(4-10-20)1-7-18(34)13-19(35)8-2-17-5-11-21(12-6-17)43-31-29(41)27(39)25(37)23(15-33)45-31/h1-13,22-34,36-41H,14-15H2/b7-1+,8-2+,18-13-/t22-,23-,24-,25-,26+,27+,28-,29-,30-,31-/m1/s1. The molecule has 0 spiro atoms. The number of ketones is 1. The van der Waals surface area contributed by atoms with E-state index in [1.54, 1.807) is 24.3 Å². The highest BCUT2D eigenvalue weighted by Gasteiger charge is 2.45. The van der Waals surface area contributed by atoms with Gasteiger partial charge in [-0.15, -0.1) is 0 Å². The van der Waals surface area contributed by atoms with Gasteiger partial charge in [-0.2, -0.15) is 0 Å². The Hall–Kier alpha value is -3.67. The number of hydrogen-bond donors (Lipinski definition) is 9. The number of aliphatic hydroxyl groups excluding tert-OH is 9. The number of rotatable bonds is 11. The van der Waals surface area contributed by atoms with Crippen LogP contribution in [-0.2, 0) is 14.3 Å². The molecule has 0 unspecified atom stereocenters. The minimum absolute atomic E-state index is 0.263. The lowest BCUT2D eigenvalue weighted by Gasteiger charge is -2.39. The Morgan fingerprint density at radius 3 is 1.42 bits per heavy atom. The average molecular weight is 633 g/mol. The van der Waals surface area contributed by atoms with Crippen LogP contribution in [0.3, 0.4) is 0 Å². The quantitative estimate of drug-likeness (QED) is 0.0803. The van der Waals surface area contributed by atoms with Crippen molar-refractivity contribution < 1.29 is 69.7 Å². The highest BCUT2D eigenvalue weighted by atomic mass is 16.7. The number of aliphatic hydroxyl groups is 9. The van der Waals surface area contributed by atoms with Crippen LogP contribution in [0, 0.1) is 0 Å². The molecule has 2 aliphatic heterocycles. The van der Waals surface area contributed by atoms with E-state index in [0.717, 1.165) is 6.08 Å². The maximum Gasteiger partial charge on any atom is 0.229 e. The van der Waals surface area contributed by atoms with Gasteiger partial charge in [0.05, 0.1) is 13.2 Å². The molecule has 4 rings (SSSR count). The van der Waals surface area contributed by atoms with Crippen LogP contribution >= 0.6 is 0 Å². The van der Waals surface area contributed by atoms with Crippen LogP contribution in [0.15, 0.2) is 72.5 Å². The van der Waals surface area contributed by atoms with Crippen LogP contribution in [0.1, 0.15) is 11.1 Å². The fourth-order valence-corrected chi connectivity index (χ4v) is 4.51. The number of ether oxygens (including phenoxy) is 4. The summed E-state index contributed by atoms with van der Waals surface area (Å²) in [7, 11) is 0. The van der Waals surface area contributed by atoms with Crippen molar-refractivity contribution in [3.63, 3.8) is 0 Å². The summed E-state index contributed by atoms with van der Waals surface area (Å²) in [6, 6.07) is 12.6. The first-order valence-corrected chi connectivity index (χ1v) is 14.0. The van der Waals surface area contributed by atoms with Gasteiger partial charge in [0.1, 0.15) is 66.1 Å². The lowest BCUT2D eigenvalue weighted by molar-refractivity contribution is -0.277. The van der Waals surface area contributed by atoms with Gasteiger partial charge in [-0.1, -0.05) is 36.4 Å². The number of hydrogen-bond acceptors (Lipinski definition) is 14. The third-order valence-electron chi connectivity index (χ3n) is 7.14. The molecule has 14 heteroatoms. The van der Waals surface area contributed by atoms with Crippen LogP contribution in [0.4, 0.5) is 0 Å². The van der Waals surface area contributed by atoms with Crippen molar-refractivity contribution in [3.05, 3.63) is 83.6 Å². The normalized spacial score (nSPS) is 32.6. The second-order valence-electron chi connectivity index (χ2n) is 10.4. The van der Waals surface area contributed by atoms with Crippen molar-refractivity contribution in [3.8, 4) is 11.5 Å². The summed E-state index contributed by atoms with van der Waals surface area (Å²) < 4.78 is 21.7. The van der Waals surface area contributed by atoms with Crippen LogP contribution < -0.4 is 9.47 Å². The van der Waals surface area contributed by atoms with E-state index in [2.05, 4.69) is 0 Å². The Labute approximate surface area is 257 Å². The van der Waals surface area contributed by atoms with Gasteiger partial charge in [0.2, 0.25) is 12.6 Å². The maximum atomic E-state index is 12.3. The van der Waals surface area contributed by atoms with Gasteiger partial charge < -0.3 is 64.9 Å². The molecule has 2 fully saturated rings. The van der Waals surface area contributed by atoms with Crippen LogP contribution in [-0.4, -0.2) is 126 Å². The third-order valence-corrected chi connectivity index (χ3v) is 7.14. The molecule has 0 bridgehead atoms. The average Bonchev–Trinajstić information content (AvgIpc) is 3.04. The molecule has 2 aromatic rings. The van der Waals surface area contributed by atoms with Crippen molar-refractivity contribution >= 4 is 17.9 Å². The molecule has 2 aromatic carbocycles. The Morgan fingerprint density at radius 1 is 0.622 bits per heavy atom. The smallest absolute Gasteiger partial charge is 0.229 e. The molecule has 14 nitrogen and oxygen atoms in total. The topological polar surface area (TPSA) is 236 Å². The van der Waals surface area contributed by atoms with E-state index in [9.17, 15) is 50.8 Å². The zero-order valence-corrected chi connectivity index (χ0v) is 23.8.